The van der Waals surface area contributed by atoms with E-state index < -0.39 is 5.97 Å². The highest BCUT2D eigenvalue weighted by molar-refractivity contribution is 7.18. The van der Waals surface area contributed by atoms with Gasteiger partial charge in [-0.15, -0.1) is 11.3 Å². The fourth-order valence-corrected chi connectivity index (χ4v) is 4.70. The summed E-state index contributed by atoms with van der Waals surface area (Å²) in [5, 5.41) is 11.8. The largest absolute Gasteiger partial charge is 0.493 e. The van der Waals surface area contributed by atoms with Gasteiger partial charge >= 0.3 is 5.97 Å². The smallest absolute Gasteiger partial charge is 0.348 e. The van der Waals surface area contributed by atoms with Gasteiger partial charge in [-0.1, -0.05) is 11.6 Å². The molecule has 34 heavy (non-hydrogen) atoms. The van der Waals surface area contributed by atoms with E-state index >= 15 is 0 Å². The van der Waals surface area contributed by atoms with Crippen LogP contribution in [0.5, 0.6) is 11.5 Å². The predicted molar refractivity (Wildman–Crippen MR) is 130 cm³/mol. The highest BCUT2D eigenvalue weighted by Gasteiger charge is 2.20. The molecule has 2 aromatic heterocycles. The molecule has 0 N–H and O–H groups in total. The van der Waals surface area contributed by atoms with Gasteiger partial charge in [-0.25, -0.2) is 9.79 Å². The number of nitrogens with zero attached hydrogens (tertiary/aromatic N) is 2. The molecule has 9 heteroatoms. The topological polar surface area (TPSA) is 94.1 Å². The third-order valence-corrected chi connectivity index (χ3v) is 6.61. The summed E-state index contributed by atoms with van der Waals surface area (Å²) < 4.78 is 21.7. The van der Waals surface area contributed by atoms with Crippen LogP contribution < -0.4 is 14.8 Å². The van der Waals surface area contributed by atoms with Crippen LogP contribution in [0.15, 0.2) is 51.9 Å². The zero-order valence-electron chi connectivity index (χ0n) is 18.8. The molecule has 0 amide bonds. The zero-order chi connectivity index (χ0) is 24.4. The monoisotopic (exact) mass is 494 g/mol. The molecule has 0 saturated carbocycles. The average Bonchev–Trinajstić information content (AvgIpc) is 3.17. The number of rotatable bonds is 5. The first-order valence-corrected chi connectivity index (χ1v) is 11.2. The molecular formula is C25H19ClN2O5S. The lowest BCUT2D eigenvalue weighted by molar-refractivity contribution is 0.0605. The van der Waals surface area contributed by atoms with Gasteiger partial charge in [-0.2, -0.15) is 5.26 Å². The van der Waals surface area contributed by atoms with Gasteiger partial charge < -0.3 is 18.6 Å². The van der Waals surface area contributed by atoms with Crippen molar-refractivity contribution in [3.8, 4) is 28.9 Å². The maximum absolute atomic E-state index is 12.2. The van der Waals surface area contributed by atoms with Crippen molar-refractivity contribution < 1.29 is 23.4 Å². The number of halogens is 1. The Morgan fingerprint density at radius 1 is 1.09 bits per heavy atom. The second-order valence-corrected chi connectivity index (χ2v) is 8.59. The number of carbonyl (C=O) groups excluding carboxylic acids is 1. The van der Waals surface area contributed by atoms with E-state index in [1.807, 2.05) is 6.07 Å². The second kappa shape index (κ2) is 9.59. The van der Waals surface area contributed by atoms with Crippen molar-refractivity contribution in [2.45, 2.75) is 6.92 Å². The molecule has 0 saturated heterocycles. The fraction of sp³-hybridized carbons (Fsp3) is 0.160. The Bertz CT molecular complexity index is 1530. The van der Waals surface area contributed by atoms with Crippen LogP contribution in [-0.2, 0) is 4.74 Å². The van der Waals surface area contributed by atoms with Crippen LogP contribution in [0, 0.1) is 18.3 Å². The van der Waals surface area contributed by atoms with Crippen LogP contribution >= 0.6 is 22.9 Å². The van der Waals surface area contributed by atoms with Crippen LogP contribution in [0.1, 0.15) is 20.8 Å². The Morgan fingerprint density at radius 3 is 2.53 bits per heavy atom. The van der Waals surface area contributed by atoms with Gasteiger partial charge in [0.05, 0.1) is 32.3 Å². The van der Waals surface area contributed by atoms with Gasteiger partial charge in [0.2, 0.25) is 0 Å². The van der Waals surface area contributed by atoms with Crippen molar-refractivity contribution in [3.05, 3.63) is 68.8 Å². The van der Waals surface area contributed by atoms with Crippen LogP contribution in [0.25, 0.3) is 22.3 Å². The summed E-state index contributed by atoms with van der Waals surface area (Å²) in [5.41, 5.74) is 2.13. The van der Waals surface area contributed by atoms with Crippen LogP contribution in [0.4, 0.5) is 5.00 Å². The molecule has 0 fully saturated rings. The lowest BCUT2D eigenvalue weighted by Gasteiger charge is -2.10. The van der Waals surface area contributed by atoms with E-state index in [1.165, 1.54) is 7.11 Å². The number of hydrogen-bond donors (Lipinski definition) is 0. The molecule has 2 heterocycles. The first-order valence-electron chi connectivity index (χ1n) is 10.0. The number of ether oxygens (including phenoxy) is 3. The molecule has 0 aliphatic rings. The second-order valence-electron chi connectivity index (χ2n) is 7.16. The molecule has 0 bridgehead atoms. The molecular weight excluding hydrogens is 476 g/mol. The van der Waals surface area contributed by atoms with Gasteiger partial charge in [-0.05, 0) is 48.9 Å². The number of esters is 1. The molecule has 172 valence electrons. The summed E-state index contributed by atoms with van der Waals surface area (Å²) in [7, 11) is 4.42. The minimum atomic E-state index is -0.512. The van der Waals surface area contributed by atoms with Crippen molar-refractivity contribution in [1.29, 1.82) is 5.26 Å². The van der Waals surface area contributed by atoms with E-state index in [-0.39, 0.29) is 0 Å². The minimum Gasteiger partial charge on any atom is -0.493 e. The number of hydrogen-bond acceptors (Lipinski definition) is 8. The van der Waals surface area contributed by atoms with Gasteiger partial charge in [-0.3, -0.25) is 0 Å². The summed E-state index contributed by atoms with van der Waals surface area (Å²) in [6.07, 6.45) is 0. The van der Waals surface area contributed by atoms with Gasteiger partial charge in [0, 0.05) is 22.0 Å². The summed E-state index contributed by atoms with van der Waals surface area (Å²) in [4.78, 5) is 17.2. The van der Waals surface area contributed by atoms with Crippen molar-refractivity contribution in [3.63, 3.8) is 0 Å². The van der Waals surface area contributed by atoms with Crippen LogP contribution in [0.3, 0.4) is 0 Å². The van der Waals surface area contributed by atoms with Crippen molar-refractivity contribution in [1.82, 2.24) is 0 Å². The number of methoxy groups -OCH3 is 3. The molecule has 4 rings (SSSR count). The van der Waals surface area contributed by atoms with Gasteiger partial charge in [0.25, 0.3) is 0 Å². The fourth-order valence-electron chi connectivity index (χ4n) is 3.47. The summed E-state index contributed by atoms with van der Waals surface area (Å²) >= 11 is 7.35. The van der Waals surface area contributed by atoms with E-state index in [0.29, 0.717) is 59.6 Å². The number of fused-ring (bicyclic) bond motifs is 1. The average molecular weight is 495 g/mol. The number of carbonyl (C=O) groups is 1. The number of benzene rings is 2. The van der Waals surface area contributed by atoms with Crippen molar-refractivity contribution in [2.75, 3.05) is 21.3 Å². The molecule has 0 spiro atoms. The molecule has 0 atom stereocenters. The van der Waals surface area contributed by atoms with Gasteiger partial charge in [0.15, 0.2) is 11.5 Å². The molecule has 7 nitrogen and oxygen atoms in total. The summed E-state index contributed by atoms with van der Waals surface area (Å²) in [6.45, 7) is 1.70. The van der Waals surface area contributed by atoms with E-state index in [9.17, 15) is 10.1 Å². The maximum atomic E-state index is 12.2. The maximum Gasteiger partial charge on any atom is 0.348 e. The Kier molecular flexibility index (Phi) is 6.59. The first kappa shape index (κ1) is 23.4. The quantitative estimate of drug-likeness (QED) is 0.314. The zero-order valence-corrected chi connectivity index (χ0v) is 20.3. The molecule has 0 unspecified atom stereocenters. The van der Waals surface area contributed by atoms with Crippen molar-refractivity contribution >= 4 is 44.9 Å². The van der Waals surface area contributed by atoms with Gasteiger partial charge in [0.1, 0.15) is 27.3 Å². The molecule has 0 aliphatic carbocycles. The Hall–Kier alpha value is -3.80. The Balaban J connectivity index is 2.00. The van der Waals surface area contributed by atoms with E-state index in [0.717, 1.165) is 16.9 Å². The Morgan fingerprint density at radius 2 is 1.85 bits per heavy atom. The van der Waals surface area contributed by atoms with Crippen molar-refractivity contribution in [2.24, 2.45) is 4.99 Å². The third-order valence-electron chi connectivity index (χ3n) is 5.21. The predicted octanol–water partition coefficient (Wildman–Crippen LogP) is 6.03. The normalized spacial score (nSPS) is 11.4. The minimum absolute atomic E-state index is 0.314. The molecule has 4 aromatic rings. The van der Waals surface area contributed by atoms with Crippen LogP contribution in [0.2, 0.25) is 5.02 Å². The number of thiophene rings is 1. The highest BCUT2D eigenvalue weighted by Crippen LogP contribution is 2.36. The van der Waals surface area contributed by atoms with E-state index in [2.05, 4.69) is 6.07 Å². The SMILES string of the molecule is COC(=O)c1sc(/N=c2\cc(-c3ccc(OC)c(OC)c3)oc3ccc(Cl)cc23)c(C#N)c1C. The highest BCUT2D eigenvalue weighted by atomic mass is 35.5. The lowest BCUT2D eigenvalue weighted by Crippen LogP contribution is -2.03. The van der Waals surface area contributed by atoms with Crippen LogP contribution in [-0.4, -0.2) is 27.3 Å². The molecule has 0 radical (unpaired) electrons. The van der Waals surface area contributed by atoms with E-state index in [4.69, 9.17) is 35.2 Å². The third kappa shape index (κ3) is 4.23. The lowest BCUT2D eigenvalue weighted by atomic mass is 10.1. The Labute approximate surface area is 204 Å². The number of nitriles is 1. The molecule has 2 aromatic carbocycles. The molecule has 0 aliphatic heterocycles. The first-order chi connectivity index (χ1) is 16.4. The van der Waals surface area contributed by atoms with E-state index in [1.54, 1.807) is 57.5 Å². The standard InChI is InChI=1S/C25H19ClN2O5S/c1-13-17(12-27)24(34-23(13)25(29)32-4)28-18-11-21(33-19-8-6-15(26)10-16(18)19)14-5-7-20(30-2)22(9-14)31-3/h5-11H,1-4H3/b28-18+. The summed E-state index contributed by atoms with van der Waals surface area (Å²) in [5.74, 6) is 1.15. The summed E-state index contributed by atoms with van der Waals surface area (Å²) in [6, 6.07) is 14.6.